The first-order valence-corrected chi connectivity index (χ1v) is 6.39. The average Bonchev–Trinajstić information content (AvgIpc) is 2.85. The van der Waals surface area contributed by atoms with Gasteiger partial charge in [-0.05, 0) is 17.5 Å². The van der Waals surface area contributed by atoms with Gasteiger partial charge in [0.25, 0.3) is 0 Å². The lowest BCUT2D eigenvalue weighted by molar-refractivity contribution is 0.508. The van der Waals surface area contributed by atoms with Crippen molar-refractivity contribution >= 4 is 11.3 Å². The van der Waals surface area contributed by atoms with Gasteiger partial charge in [0.05, 0.1) is 0 Å². The molecule has 0 spiro atoms. The summed E-state index contributed by atoms with van der Waals surface area (Å²) in [6, 6.07) is 10.7. The third kappa shape index (κ3) is 3.12. The van der Waals surface area contributed by atoms with Gasteiger partial charge in [-0.25, -0.2) is 4.39 Å². The largest absolute Gasteiger partial charge is 0.329 e. The molecule has 0 aliphatic carbocycles. The summed E-state index contributed by atoms with van der Waals surface area (Å²) in [6.45, 7) is 1.10. The van der Waals surface area contributed by atoms with E-state index in [9.17, 15) is 4.39 Å². The van der Waals surface area contributed by atoms with Crippen molar-refractivity contribution in [2.45, 2.75) is 12.6 Å². The fraction of sp³-hybridized carbons (Fsp3) is 0.231. The van der Waals surface area contributed by atoms with Gasteiger partial charge in [-0.1, -0.05) is 24.3 Å². The Morgan fingerprint density at radius 1 is 1.24 bits per heavy atom. The van der Waals surface area contributed by atoms with Crippen LogP contribution in [-0.4, -0.2) is 6.54 Å². The fourth-order valence-corrected chi connectivity index (χ4v) is 2.37. The maximum absolute atomic E-state index is 13.6. The van der Waals surface area contributed by atoms with Crippen LogP contribution < -0.4 is 11.1 Å². The molecule has 0 amide bonds. The quantitative estimate of drug-likeness (QED) is 0.856. The highest BCUT2D eigenvalue weighted by Crippen LogP contribution is 2.17. The Hall–Kier alpha value is -1.23. The van der Waals surface area contributed by atoms with Crippen LogP contribution in [0.1, 0.15) is 16.5 Å². The van der Waals surface area contributed by atoms with Gasteiger partial charge < -0.3 is 11.1 Å². The minimum absolute atomic E-state index is 0.140. The van der Waals surface area contributed by atoms with Gasteiger partial charge in [0.1, 0.15) is 5.82 Å². The van der Waals surface area contributed by atoms with Crippen LogP contribution >= 0.6 is 11.3 Å². The monoisotopic (exact) mass is 250 g/mol. The smallest absolute Gasteiger partial charge is 0.128 e. The van der Waals surface area contributed by atoms with Crippen molar-refractivity contribution in [2.24, 2.45) is 5.73 Å². The molecule has 90 valence electrons. The molecule has 1 heterocycles. The molecule has 0 radical (unpaired) electrons. The standard InChI is InChI=1S/C13H15FN2S/c14-12-6-2-1-5-11(12)13(8-15)16-9-10-4-3-7-17-10/h1-7,13,16H,8-9,15H2. The zero-order valence-electron chi connectivity index (χ0n) is 9.40. The summed E-state index contributed by atoms with van der Waals surface area (Å²) in [5, 5.41) is 5.30. The highest BCUT2D eigenvalue weighted by molar-refractivity contribution is 7.09. The summed E-state index contributed by atoms with van der Waals surface area (Å²) in [5.41, 5.74) is 6.32. The van der Waals surface area contributed by atoms with E-state index in [0.717, 1.165) is 0 Å². The first-order chi connectivity index (χ1) is 8.31. The summed E-state index contributed by atoms with van der Waals surface area (Å²) in [6.07, 6.45) is 0. The van der Waals surface area contributed by atoms with Crippen LogP contribution in [-0.2, 0) is 6.54 Å². The molecule has 0 saturated carbocycles. The van der Waals surface area contributed by atoms with E-state index in [1.54, 1.807) is 23.5 Å². The van der Waals surface area contributed by atoms with Gasteiger partial charge in [0, 0.05) is 29.6 Å². The second-order valence-electron chi connectivity index (χ2n) is 3.77. The van der Waals surface area contributed by atoms with E-state index in [0.29, 0.717) is 18.7 Å². The second-order valence-corrected chi connectivity index (χ2v) is 4.80. The lowest BCUT2D eigenvalue weighted by atomic mass is 10.1. The predicted molar refractivity (Wildman–Crippen MR) is 69.4 cm³/mol. The van der Waals surface area contributed by atoms with E-state index in [4.69, 9.17) is 5.73 Å². The molecule has 4 heteroatoms. The topological polar surface area (TPSA) is 38.0 Å². The molecule has 0 fully saturated rings. The van der Waals surface area contributed by atoms with Crippen LogP contribution in [0, 0.1) is 5.82 Å². The number of rotatable bonds is 5. The number of nitrogens with one attached hydrogen (secondary N) is 1. The van der Waals surface area contributed by atoms with Crippen molar-refractivity contribution in [3.05, 3.63) is 58.0 Å². The molecular weight excluding hydrogens is 235 g/mol. The lowest BCUT2D eigenvalue weighted by Crippen LogP contribution is -2.28. The van der Waals surface area contributed by atoms with E-state index in [-0.39, 0.29) is 11.9 Å². The molecule has 1 aromatic heterocycles. The number of halogens is 1. The van der Waals surface area contributed by atoms with Gasteiger partial charge in [0.2, 0.25) is 0 Å². The summed E-state index contributed by atoms with van der Waals surface area (Å²) < 4.78 is 13.6. The van der Waals surface area contributed by atoms with Crippen LogP contribution in [0.3, 0.4) is 0 Å². The molecule has 0 saturated heterocycles. The molecule has 3 N–H and O–H groups in total. The van der Waals surface area contributed by atoms with Crippen molar-refractivity contribution in [2.75, 3.05) is 6.54 Å². The van der Waals surface area contributed by atoms with Crippen LogP contribution in [0.15, 0.2) is 41.8 Å². The summed E-state index contributed by atoms with van der Waals surface area (Å²) >= 11 is 1.68. The Labute approximate surface area is 104 Å². The molecule has 17 heavy (non-hydrogen) atoms. The van der Waals surface area contributed by atoms with E-state index in [1.165, 1.54) is 10.9 Å². The maximum atomic E-state index is 13.6. The molecule has 1 unspecified atom stereocenters. The normalized spacial score (nSPS) is 12.6. The minimum Gasteiger partial charge on any atom is -0.329 e. The molecule has 0 bridgehead atoms. The second kappa shape index (κ2) is 5.91. The molecule has 0 aliphatic heterocycles. The molecule has 0 aliphatic rings. The Bertz CT molecular complexity index is 456. The van der Waals surface area contributed by atoms with E-state index in [1.807, 2.05) is 23.6 Å². The zero-order chi connectivity index (χ0) is 12.1. The number of benzene rings is 1. The Morgan fingerprint density at radius 2 is 2.06 bits per heavy atom. The SMILES string of the molecule is NCC(NCc1cccs1)c1ccccc1F. The average molecular weight is 250 g/mol. The first kappa shape index (κ1) is 12.2. The summed E-state index contributed by atoms with van der Waals surface area (Å²) in [4.78, 5) is 1.22. The predicted octanol–water partition coefficient (Wildman–Crippen LogP) is 2.68. The van der Waals surface area contributed by atoms with Crippen molar-refractivity contribution < 1.29 is 4.39 Å². The zero-order valence-corrected chi connectivity index (χ0v) is 10.2. The molecular formula is C13H15FN2S. The van der Waals surface area contributed by atoms with E-state index < -0.39 is 0 Å². The molecule has 1 aromatic carbocycles. The Morgan fingerprint density at radius 3 is 2.71 bits per heavy atom. The van der Waals surface area contributed by atoms with E-state index in [2.05, 4.69) is 5.32 Å². The number of hydrogen-bond donors (Lipinski definition) is 2. The Kier molecular flexibility index (Phi) is 4.25. The summed E-state index contributed by atoms with van der Waals surface area (Å²) in [5.74, 6) is -0.207. The lowest BCUT2D eigenvalue weighted by Gasteiger charge is -2.17. The van der Waals surface area contributed by atoms with Crippen LogP contribution in [0.5, 0.6) is 0 Å². The minimum atomic E-state index is -0.207. The van der Waals surface area contributed by atoms with Gasteiger partial charge in [-0.15, -0.1) is 11.3 Å². The maximum Gasteiger partial charge on any atom is 0.128 e. The van der Waals surface area contributed by atoms with Gasteiger partial charge in [-0.2, -0.15) is 0 Å². The fourth-order valence-electron chi connectivity index (χ4n) is 1.71. The number of thiophene rings is 1. The van der Waals surface area contributed by atoms with Crippen LogP contribution in [0.4, 0.5) is 4.39 Å². The summed E-state index contributed by atoms with van der Waals surface area (Å²) in [7, 11) is 0. The molecule has 1 atom stereocenters. The number of hydrogen-bond acceptors (Lipinski definition) is 3. The van der Waals surface area contributed by atoms with Gasteiger partial charge in [-0.3, -0.25) is 0 Å². The van der Waals surface area contributed by atoms with Crippen molar-refractivity contribution in [3.8, 4) is 0 Å². The van der Waals surface area contributed by atoms with Crippen LogP contribution in [0.25, 0.3) is 0 Å². The highest BCUT2D eigenvalue weighted by atomic mass is 32.1. The highest BCUT2D eigenvalue weighted by Gasteiger charge is 2.12. The Balaban J connectivity index is 2.04. The van der Waals surface area contributed by atoms with Crippen LogP contribution in [0.2, 0.25) is 0 Å². The van der Waals surface area contributed by atoms with Crippen molar-refractivity contribution in [1.29, 1.82) is 0 Å². The third-order valence-corrected chi connectivity index (χ3v) is 3.50. The van der Waals surface area contributed by atoms with Crippen molar-refractivity contribution in [3.63, 3.8) is 0 Å². The van der Waals surface area contributed by atoms with E-state index >= 15 is 0 Å². The first-order valence-electron chi connectivity index (χ1n) is 5.51. The van der Waals surface area contributed by atoms with Crippen molar-refractivity contribution in [1.82, 2.24) is 5.32 Å². The molecule has 2 nitrogen and oxygen atoms in total. The van der Waals surface area contributed by atoms with Gasteiger partial charge in [0.15, 0.2) is 0 Å². The number of nitrogens with two attached hydrogens (primary N) is 1. The third-order valence-electron chi connectivity index (χ3n) is 2.62. The van der Waals surface area contributed by atoms with Gasteiger partial charge >= 0.3 is 0 Å². The molecule has 2 aromatic rings. The molecule has 2 rings (SSSR count).